The van der Waals surface area contributed by atoms with Gasteiger partial charge in [-0.2, -0.15) is 8.42 Å². The lowest BCUT2D eigenvalue weighted by Crippen LogP contribution is -2.19. The molecule has 12 heavy (non-hydrogen) atoms. The summed E-state index contributed by atoms with van der Waals surface area (Å²) in [5.74, 6) is -1.97. The first-order chi connectivity index (χ1) is 5.47. The van der Waals surface area contributed by atoms with Gasteiger partial charge in [-0.1, -0.05) is 0 Å². The summed E-state index contributed by atoms with van der Waals surface area (Å²) in [6.07, 6.45) is -0.102. The summed E-state index contributed by atoms with van der Waals surface area (Å²) >= 11 is 0. The van der Waals surface area contributed by atoms with Crippen molar-refractivity contribution < 1.29 is 27.2 Å². The third-order valence-electron chi connectivity index (χ3n) is 1.13. The van der Waals surface area contributed by atoms with Gasteiger partial charge in [-0.05, 0) is 0 Å². The Hall–Kier alpha value is -0.660. The van der Waals surface area contributed by atoms with Gasteiger partial charge in [0.25, 0.3) is 10.1 Å². The standard InChI is InChI=1S/C5H8O6S/c6-5(3-12(7,8)9)11-2-4-1-10-4/h4H,1-3H2,(H,7,8,9). The summed E-state index contributed by atoms with van der Waals surface area (Å²) in [4.78, 5) is 10.6. The second-order valence-corrected chi connectivity index (χ2v) is 3.82. The molecule has 0 saturated carbocycles. The minimum Gasteiger partial charge on any atom is -0.462 e. The lowest BCUT2D eigenvalue weighted by Gasteiger charge is -1.99. The van der Waals surface area contributed by atoms with E-state index < -0.39 is 21.8 Å². The summed E-state index contributed by atoms with van der Waals surface area (Å²) in [6.45, 7) is 0.577. The Bertz CT molecular complexity index is 264. The van der Waals surface area contributed by atoms with Crippen molar-refractivity contribution in [1.29, 1.82) is 0 Å². The van der Waals surface area contributed by atoms with Crippen LogP contribution in [0.5, 0.6) is 0 Å². The van der Waals surface area contributed by atoms with Crippen molar-refractivity contribution in [2.75, 3.05) is 19.0 Å². The number of ether oxygens (including phenoxy) is 2. The highest BCUT2D eigenvalue weighted by atomic mass is 32.2. The van der Waals surface area contributed by atoms with Crippen LogP contribution in [0.25, 0.3) is 0 Å². The summed E-state index contributed by atoms with van der Waals surface area (Å²) in [5, 5.41) is 0. The number of rotatable bonds is 4. The Balaban J connectivity index is 2.19. The van der Waals surface area contributed by atoms with Crippen LogP contribution < -0.4 is 0 Å². The number of hydrogen-bond donors (Lipinski definition) is 1. The molecule has 0 bridgehead atoms. The molecule has 7 heteroatoms. The molecule has 1 fully saturated rings. The van der Waals surface area contributed by atoms with Crippen LogP contribution in [0.4, 0.5) is 0 Å². The maximum absolute atomic E-state index is 10.6. The number of carbonyl (C=O) groups is 1. The fourth-order valence-corrected chi connectivity index (χ4v) is 0.922. The molecule has 0 aliphatic carbocycles. The molecule has 0 aromatic carbocycles. The Kier molecular flexibility index (Phi) is 2.65. The Morgan fingerprint density at radius 1 is 1.67 bits per heavy atom. The molecule has 1 atom stereocenters. The van der Waals surface area contributed by atoms with Crippen molar-refractivity contribution in [2.45, 2.75) is 6.10 Å². The third-order valence-corrected chi connectivity index (χ3v) is 1.73. The van der Waals surface area contributed by atoms with Gasteiger partial charge in [-0.25, -0.2) is 0 Å². The van der Waals surface area contributed by atoms with Crippen molar-refractivity contribution in [3.63, 3.8) is 0 Å². The molecule has 1 aliphatic heterocycles. The molecule has 1 rings (SSSR count). The molecular formula is C5H8O6S. The molecule has 1 heterocycles. The minimum absolute atomic E-state index is 0.0500. The second-order valence-electron chi connectivity index (χ2n) is 2.36. The van der Waals surface area contributed by atoms with Crippen LogP contribution in [0.15, 0.2) is 0 Å². The predicted molar refractivity (Wildman–Crippen MR) is 37.1 cm³/mol. The zero-order chi connectivity index (χ0) is 9.19. The second kappa shape index (κ2) is 3.38. The monoisotopic (exact) mass is 196 g/mol. The first-order valence-corrected chi connectivity index (χ1v) is 4.81. The zero-order valence-corrected chi connectivity index (χ0v) is 6.91. The molecule has 0 aromatic heterocycles. The molecule has 0 aromatic rings. The quantitative estimate of drug-likeness (QED) is 0.345. The molecule has 1 aliphatic rings. The summed E-state index contributed by atoms with van der Waals surface area (Å²) in [6, 6.07) is 0. The maximum Gasteiger partial charge on any atom is 0.323 e. The van der Waals surface area contributed by atoms with Crippen molar-refractivity contribution in [2.24, 2.45) is 0 Å². The topological polar surface area (TPSA) is 93.2 Å². The molecular weight excluding hydrogens is 188 g/mol. The van der Waals surface area contributed by atoms with E-state index in [1.54, 1.807) is 0 Å². The van der Waals surface area contributed by atoms with Crippen LogP contribution in [-0.2, 0) is 24.4 Å². The highest BCUT2D eigenvalue weighted by Crippen LogP contribution is 2.08. The average Bonchev–Trinajstić information content (AvgIpc) is 2.61. The van der Waals surface area contributed by atoms with Gasteiger partial charge in [-0.3, -0.25) is 9.35 Å². The smallest absolute Gasteiger partial charge is 0.323 e. The number of esters is 1. The van der Waals surface area contributed by atoms with E-state index >= 15 is 0 Å². The molecule has 0 spiro atoms. The lowest BCUT2D eigenvalue weighted by atomic mass is 10.5. The van der Waals surface area contributed by atoms with Gasteiger partial charge in [0, 0.05) is 0 Å². The van der Waals surface area contributed by atoms with E-state index in [1.165, 1.54) is 0 Å². The van der Waals surface area contributed by atoms with E-state index in [4.69, 9.17) is 9.29 Å². The number of epoxide rings is 1. The Labute approximate surface area is 69.2 Å². The van der Waals surface area contributed by atoms with E-state index in [1.807, 2.05) is 0 Å². The van der Waals surface area contributed by atoms with Crippen molar-refractivity contribution >= 4 is 16.1 Å². The van der Waals surface area contributed by atoms with Gasteiger partial charge in [-0.15, -0.1) is 0 Å². The molecule has 70 valence electrons. The van der Waals surface area contributed by atoms with Gasteiger partial charge in [0.15, 0.2) is 5.75 Å². The third kappa shape index (κ3) is 4.27. The lowest BCUT2D eigenvalue weighted by molar-refractivity contribution is -0.141. The van der Waals surface area contributed by atoms with Crippen LogP contribution >= 0.6 is 0 Å². The first kappa shape index (κ1) is 9.43. The summed E-state index contributed by atoms with van der Waals surface area (Å²) in [5.41, 5.74) is 0. The van der Waals surface area contributed by atoms with Gasteiger partial charge in [0.1, 0.15) is 12.7 Å². The van der Waals surface area contributed by atoms with Crippen molar-refractivity contribution in [1.82, 2.24) is 0 Å². The minimum atomic E-state index is -4.27. The molecule has 1 N–H and O–H groups in total. The SMILES string of the molecule is O=C(CS(=O)(=O)O)OCC1CO1. The first-order valence-electron chi connectivity index (χ1n) is 3.20. The molecule has 6 nitrogen and oxygen atoms in total. The number of hydrogen-bond acceptors (Lipinski definition) is 5. The van der Waals surface area contributed by atoms with Crippen LogP contribution in [0, 0.1) is 0 Å². The maximum atomic E-state index is 10.6. The van der Waals surface area contributed by atoms with Crippen molar-refractivity contribution in [3.8, 4) is 0 Å². The van der Waals surface area contributed by atoms with E-state index in [-0.39, 0.29) is 12.7 Å². The fraction of sp³-hybridized carbons (Fsp3) is 0.800. The Morgan fingerprint density at radius 3 is 2.67 bits per heavy atom. The van der Waals surface area contributed by atoms with Crippen LogP contribution in [0.3, 0.4) is 0 Å². The molecule has 0 radical (unpaired) electrons. The van der Waals surface area contributed by atoms with Gasteiger partial charge in [0.2, 0.25) is 0 Å². The summed E-state index contributed by atoms with van der Waals surface area (Å²) < 4.78 is 37.6. The highest BCUT2D eigenvalue weighted by Gasteiger charge is 2.25. The van der Waals surface area contributed by atoms with Crippen molar-refractivity contribution in [3.05, 3.63) is 0 Å². The van der Waals surface area contributed by atoms with E-state index in [0.717, 1.165) is 0 Å². The molecule has 1 unspecified atom stereocenters. The van der Waals surface area contributed by atoms with Crippen LogP contribution in [-0.4, -0.2) is 44.0 Å². The largest absolute Gasteiger partial charge is 0.462 e. The average molecular weight is 196 g/mol. The van der Waals surface area contributed by atoms with Crippen LogP contribution in [0.1, 0.15) is 0 Å². The normalized spacial score (nSPS) is 21.9. The highest BCUT2D eigenvalue weighted by molar-refractivity contribution is 7.86. The van der Waals surface area contributed by atoms with Gasteiger partial charge >= 0.3 is 5.97 Å². The zero-order valence-electron chi connectivity index (χ0n) is 6.10. The van der Waals surface area contributed by atoms with Crippen LogP contribution in [0.2, 0.25) is 0 Å². The van der Waals surface area contributed by atoms with Gasteiger partial charge in [0.05, 0.1) is 6.61 Å². The van der Waals surface area contributed by atoms with E-state index in [2.05, 4.69) is 4.74 Å². The number of carbonyl (C=O) groups excluding carboxylic acids is 1. The summed E-state index contributed by atoms with van der Waals surface area (Å²) in [7, 11) is -4.27. The fourth-order valence-electron chi connectivity index (χ4n) is 0.541. The predicted octanol–water partition coefficient (Wildman–Crippen LogP) is -1.18. The van der Waals surface area contributed by atoms with E-state index in [9.17, 15) is 13.2 Å². The van der Waals surface area contributed by atoms with E-state index in [0.29, 0.717) is 6.61 Å². The van der Waals surface area contributed by atoms with Gasteiger partial charge < -0.3 is 9.47 Å². The molecule has 1 saturated heterocycles. The Morgan fingerprint density at radius 2 is 2.25 bits per heavy atom. The molecule has 0 amide bonds.